The number of aromatic nitrogens is 2. The highest BCUT2D eigenvalue weighted by Crippen LogP contribution is 2.25. The van der Waals surface area contributed by atoms with Gasteiger partial charge in [0.15, 0.2) is 0 Å². The second-order valence-corrected chi connectivity index (χ2v) is 5.32. The predicted molar refractivity (Wildman–Crippen MR) is 78.5 cm³/mol. The molecule has 5 heteroatoms. The number of hydrogen-bond acceptors (Lipinski definition) is 3. The molecule has 0 unspecified atom stereocenters. The van der Waals surface area contributed by atoms with Crippen LogP contribution in [-0.2, 0) is 0 Å². The Kier molecular flexibility index (Phi) is 3.83. The predicted octanol–water partition coefficient (Wildman–Crippen LogP) is 3.93. The third-order valence-corrected chi connectivity index (χ3v) is 3.77. The van der Waals surface area contributed by atoms with Gasteiger partial charge in [0.1, 0.15) is 11.0 Å². The normalized spacial score (nSPS) is 15.4. The lowest BCUT2D eigenvalue weighted by Gasteiger charge is -2.28. The van der Waals surface area contributed by atoms with E-state index in [-0.39, 0.29) is 5.15 Å². The van der Waals surface area contributed by atoms with E-state index in [0.29, 0.717) is 11.3 Å². The molecule has 0 radical (unpaired) electrons. The van der Waals surface area contributed by atoms with Gasteiger partial charge in [-0.1, -0.05) is 11.6 Å². The molecule has 104 valence electrons. The molecule has 0 atom stereocenters. The first-order valence-electron chi connectivity index (χ1n) is 6.76. The summed E-state index contributed by atoms with van der Waals surface area (Å²) in [7, 11) is 0. The van der Waals surface area contributed by atoms with Gasteiger partial charge in [0.25, 0.3) is 0 Å². The van der Waals surface area contributed by atoms with Gasteiger partial charge in [-0.15, -0.1) is 0 Å². The van der Waals surface area contributed by atoms with Crippen LogP contribution in [0.2, 0.25) is 5.15 Å². The minimum Gasteiger partial charge on any atom is -0.370 e. The fourth-order valence-electron chi connectivity index (χ4n) is 2.48. The summed E-state index contributed by atoms with van der Waals surface area (Å²) < 4.78 is 13.8. The maximum atomic E-state index is 13.8. The van der Waals surface area contributed by atoms with Crippen LogP contribution in [0.1, 0.15) is 19.3 Å². The summed E-state index contributed by atoms with van der Waals surface area (Å²) in [6.45, 7) is 2.13. The number of nitrogens with zero attached hydrogens (tertiary/aromatic N) is 3. The summed E-state index contributed by atoms with van der Waals surface area (Å²) >= 11 is 5.65. The van der Waals surface area contributed by atoms with Crippen LogP contribution in [0.5, 0.6) is 0 Å². The van der Waals surface area contributed by atoms with Crippen molar-refractivity contribution in [2.24, 2.45) is 0 Å². The maximum absolute atomic E-state index is 13.8. The van der Waals surface area contributed by atoms with Crippen molar-refractivity contribution in [3.63, 3.8) is 0 Å². The Morgan fingerprint density at radius 1 is 1.05 bits per heavy atom. The highest BCUT2D eigenvalue weighted by atomic mass is 35.5. The van der Waals surface area contributed by atoms with Gasteiger partial charge in [0.05, 0.1) is 23.1 Å². The summed E-state index contributed by atoms with van der Waals surface area (Å²) in [6.07, 6.45) is 6.95. The molecule has 0 N–H and O–H groups in total. The summed E-state index contributed by atoms with van der Waals surface area (Å²) in [5.41, 5.74) is 2.04. The molecular formula is C15H15ClFN3. The van der Waals surface area contributed by atoms with Crippen molar-refractivity contribution in [3.05, 3.63) is 41.6 Å². The molecule has 0 saturated carbocycles. The summed E-state index contributed by atoms with van der Waals surface area (Å²) in [6, 6.07) is 5.02. The molecule has 2 aromatic heterocycles. The molecule has 0 bridgehead atoms. The number of hydrogen-bond donors (Lipinski definition) is 0. The highest BCUT2D eigenvalue weighted by Gasteiger charge is 2.12. The van der Waals surface area contributed by atoms with Crippen molar-refractivity contribution in [2.45, 2.75) is 19.3 Å². The molecule has 1 aliphatic rings. The highest BCUT2D eigenvalue weighted by molar-refractivity contribution is 6.29. The van der Waals surface area contributed by atoms with E-state index in [1.807, 2.05) is 12.1 Å². The minimum atomic E-state index is -0.400. The van der Waals surface area contributed by atoms with E-state index in [4.69, 9.17) is 11.6 Å². The van der Waals surface area contributed by atoms with Gasteiger partial charge in [0, 0.05) is 25.4 Å². The molecule has 2 aromatic rings. The fraction of sp³-hybridized carbons (Fsp3) is 0.333. The second kappa shape index (κ2) is 5.75. The van der Waals surface area contributed by atoms with E-state index in [1.54, 1.807) is 6.20 Å². The lowest BCUT2D eigenvalue weighted by Crippen LogP contribution is -2.29. The maximum Gasteiger partial charge on any atom is 0.137 e. The van der Waals surface area contributed by atoms with Crippen molar-refractivity contribution in [3.8, 4) is 11.3 Å². The summed E-state index contributed by atoms with van der Waals surface area (Å²) in [4.78, 5) is 10.6. The van der Waals surface area contributed by atoms with Crippen molar-refractivity contribution in [2.75, 3.05) is 18.0 Å². The third-order valence-electron chi connectivity index (χ3n) is 3.57. The van der Waals surface area contributed by atoms with Crippen LogP contribution in [0.25, 0.3) is 11.3 Å². The molecule has 1 saturated heterocycles. The van der Waals surface area contributed by atoms with Gasteiger partial charge in [-0.2, -0.15) is 0 Å². The molecule has 20 heavy (non-hydrogen) atoms. The molecular weight excluding hydrogens is 277 g/mol. The second-order valence-electron chi connectivity index (χ2n) is 4.94. The fourth-order valence-corrected chi connectivity index (χ4v) is 2.63. The largest absolute Gasteiger partial charge is 0.370 e. The molecule has 3 rings (SSSR count). The Morgan fingerprint density at radius 2 is 1.85 bits per heavy atom. The van der Waals surface area contributed by atoms with Crippen LogP contribution in [0.4, 0.5) is 10.1 Å². The molecule has 0 spiro atoms. The van der Waals surface area contributed by atoms with Gasteiger partial charge in [0.2, 0.25) is 0 Å². The number of rotatable bonds is 2. The monoisotopic (exact) mass is 291 g/mol. The lowest BCUT2D eigenvalue weighted by atomic mass is 10.1. The first kappa shape index (κ1) is 13.3. The Morgan fingerprint density at radius 3 is 2.50 bits per heavy atom. The number of halogens is 2. The van der Waals surface area contributed by atoms with Crippen LogP contribution < -0.4 is 4.90 Å². The van der Waals surface area contributed by atoms with E-state index in [0.717, 1.165) is 18.8 Å². The minimum absolute atomic E-state index is 0.149. The first-order valence-corrected chi connectivity index (χ1v) is 7.14. The average Bonchev–Trinajstić information content (AvgIpc) is 2.48. The van der Waals surface area contributed by atoms with Crippen molar-refractivity contribution in [1.29, 1.82) is 0 Å². The van der Waals surface area contributed by atoms with Crippen LogP contribution >= 0.6 is 11.6 Å². The Bertz CT molecular complexity index is 595. The number of anilines is 1. The number of piperidine rings is 1. The topological polar surface area (TPSA) is 29.0 Å². The summed E-state index contributed by atoms with van der Waals surface area (Å²) in [5, 5.41) is 0.149. The van der Waals surface area contributed by atoms with Crippen LogP contribution in [-0.4, -0.2) is 23.1 Å². The molecule has 0 amide bonds. The zero-order chi connectivity index (χ0) is 13.9. The van der Waals surface area contributed by atoms with Crippen LogP contribution in [0.15, 0.2) is 30.6 Å². The molecule has 3 heterocycles. The van der Waals surface area contributed by atoms with E-state index >= 15 is 0 Å². The zero-order valence-corrected chi connectivity index (χ0v) is 11.8. The Hall–Kier alpha value is -1.68. The first-order chi connectivity index (χ1) is 9.74. The average molecular weight is 292 g/mol. The van der Waals surface area contributed by atoms with Gasteiger partial charge in [-0.05, 0) is 31.4 Å². The van der Waals surface area contributed by atoms with Crippen molar-refractivity contribution in [1.82, 2.24) is 9.97 Å². The van der Waals surface area contributed by atoms with Crippen molar-refractivity contribution >= 4 is 17.3 Å². The van der Waals surface area contributed by atoms with Gasteiger partial charge in [-0.3, -0.25) is 4.98 Å². The Balaban J connectivity index is 1.85. The molecule has 0 aromatic carbocycles. The standard InChI is InChI=1S/C15H15ClFN3/c16-15-8-13(17)12(10-19-15)14-5-4-11(9-18-14)20-6-2-1-3-7-20/h4-5,8-10H,1-3,6-7H2. The van der Waals surface area contributed by atoms with Crippen LogP contribution in [0, 0.1) is 5.82 Å². The molecule has 3 nitrogen and oxygen atoms in total. The number of pyridine rings is 2. The van der Waals surface area contributed by atoms with E-state index in [2.05, 4.69) is 14.9 Å². The van der Waals surface area contributed by atoms with Gasteiger partial charge in [-0.25, -0.2) is 9.37 Å². The lowest BCUT2D eigenvalue weighted by molar-refractivity contribution is 0.577. The van der Waals surface area contributed by atoms with Gasteiger partial charge < -0.3 is 4.90 Å². The molecule has 1 aliphatic heterocycles. The van der Waals surface area contributed by atoms with Crippen molar-refractivity contribution < 1.29 is 4.39 Å². The van der Waals surface area contributed by atoms with E-state index in [9.17, 15) is 4.39 Å². The van der Waals surface area contributed by atoms with E-state index in [1.165, 1.54) is 31.5 Å². The third kappa shape index (κ3) is 2.75. The molecule has 1 fully saturated rings. The smallest absolute Gasteiger partial charge is 0.137 e. The quantitative estimate of drug-likeness (QED) is 0.785. The van der Waals surface area contributed by atoms with Crippen LogP contribution in [0.3, 0.4) is 0 Å². The zero-order valence-electron chi connectivity index (χ0n) is 11.0. The Labute approximate surface area is 122 Å². The summed E-state index contributed by atoms with van der Waals surface area (Å²) in [5.74, 6) is -0.400. The van der Waals surface area contributed by atoms with E-state index < -0.39 is 5.82 Å². The van der Waals surface area contributed by atoms with Gasteiger partial charge >= 0.3 is 0 Å². The molecule has 0 aliphatic carbocycles. The SMILES string of the molecule is Fc1cc(Cl)ncc1-c1ccc(N2CCCCC2)cn1.